The lowest BCUT2D eigenvalue weighted by atomic mass is 10.1. The molecule has 0 amide bonds. The highest BCUT2D eigenvalue weighted by molar-refractivity contribution is 7.99. The van der Waals surface area contributed by atoms with Gasteiger partial charge < -0.3 is 10.5 Å². The van der Waals surface area contributed by atoms with Gasteiger partial charge in [0.2, 0.25) is 0 Å². The number of rotatable bonds is 5. The zero-order valence-electron chi connectivity index (χ0n) is 10.4. The lowest BCUT2D eigenvalue weighted by molar-refractivity contribution is 0.129. The van der Waals surface area contributed by atoms with Crippen molar-refractivity contribution < 1.29 is 4.74 Å². The molecule has 1 aromatic rings. The molecule has 1 aliphatic heterocycles. The van der Waals surface area contributed by atoms with Crippen molar-refractivity contribution in [1.29, 1.82) is 0 Å². The number of hydrogen-bond donors (Lipinski definition) is 1. The SMILES string of the molecule is CC[C@H](N)c1ccccc1SCC1CCCO1. The maximum absolute atomic E-state index is 6.13. The van der Waals surface area contributed by atoms with Crippen LogP contribution >= 0.6 is 11.8 Å². The van der Waals surface area contributed by atoms with Crippen LogP contribution < -0.4 is 5.73 Å². The standard InChI is InChI=1S/C14H21NOS/c1-2-13(15)12-7-3-4-8-14(12)17-10-11-6-5-9-16-11/h3-4,7-8,11,13H,2,5-6,9-10,15H2,1H3/t11?,13-/m0/s1. The molecule has 0 aromatic heterocycles. The highest BCUT2D eigenvalue weighted by Crippen LogP contribution is 2.30. The molecule has 1 aromatic carbocycles. The van der Waals surface area contributed by atoms with Gasteiger partial charge in [-0.25, -0.2) is 0 Å². The monoisotopic (exact) mass is 251 g/mol. The van der Waals surface area contributed by atoms with E-state index < -0.39 is 0 Å². The molecule has 2 rings (SSSR count). The fraction of sp³-hybridized carbons (Fsp3) is 0.571. The van der Waals surface area contributed by atoms with Crippen molar-refractivity contribution in [2.75, 3.05) is 12.4 Å². The van der Waals surface area contributed by atoms with Gasteiger partial charge in [-0.2, -0.15) is 0 Å². The second kappa shape index (κ2) is 6.43. The molecule has 1 heterocycles. The van der Waals surface area contributed by atoms with Crippen LogP contribution in [0, 0.1) is 0 Å². The Labute approximate surface area is 108 Å². The van der Waals surface area contributed by atoms with Crippen molar-refractivity contribution in [2.45, 2.75) is 43.2 Å². The third-order valence-electron chi connectivity index (χ3n) is 3.21. The van der Waals surface area contributed by atoms with Gasteiger partial charge in [-0.15, -0.1) is 11.8 Å². The molecule has 0 radical (unpaired) electrons. The fourth-order valence-corrected chi connectivity index (χ4v) is 3.29. The quantitative estimate of drug-likeness (QED) is 0.815. The Morgan fingerprint density at radius 2 is 2.29 bits per heavy atom. The van der Waals surface area contributed by atoms with Gasteiger partial charge in [-0.1, -0.05) is 25.1 Å². The summed E-state index contributed by atoms with van der Waals surface area (Å²) in [6.07, 6.45) is 3.83. The van der Waals surface area contributed by atoms with Gasteiger partial charge >= 0.3 is 0 Å². The van der Waals surface area contributed by atoms with E-state index in [1.54, 1.807) is 0 Å². The Morgan fingerprint density at radius 3 is 3.00 bits per heavy atom. The lowest BCUT2D eigenvalue weighted by Crippen LogP contribution is -2.11. The molecule has 1 saturated heterocycles. The van der Waals surface area contributed by atoms with Crippen molar-refractivity contribution >= 4 is 11.8 Å². The van der Waals surface area contributed by atoms with E-state index >= 15 is 0 Å². The molecule has 17 heavy (non-hydrogen) atoms. The Balaban J connectivity index is 1.98. The summed E-state index contributed by atoms with van der Waals surface area (Å²) in [5, 5.41) is 0. The average molecular weight is 251 g/mol. The second-order valence-electron chi connectivity index (χ2n) is 4.50. The number of nitrogens with two attached hydrogens (primary N) is 1. The summed E-state index contributed by atoms with van der Waals surface area (Å²) in [7, 11) is 0. The molecule has 0 bridgehead atoms. The molecule has 2 nitrogen and oxygen atoms in total. The van der Waals surface area contributed by atoms with Crippen LogP contribution in [-0.2, 0) is 4.74 Å². The molecule has 1 unspecified atom stereocenters. The Morgan fingerprint density at radius 1 is 1.47 bits per heavy atom. The average Bonchev–Trinajstić information content (AvgIpc) is 2.89. The third kappa shape index (κ3) is 3.47. The molecule has 94 valence electrons. The Hall–Kier alpha value is -0.510. The predicted molar refractivity (Wildman–Crippen MR) is 73.4 cm³/mol. The zero-order valence-corrected chi connectivity index (χ0v) is 11.2. The lowest BCUT2D eigenvalue weighted by Gasteiger charge is -2.15. The summed E-state index contributed by atoms with van der Waals surface area (Å²) >= 11 is 1.88. The van der Waals surface area contributed by atoms with Crippen LogP contribution in [-0.4, -0.2) is 18.5 Å². The zero-order chi connectivity index (χ0) is 12.1. The molecule has 1 aliphatic rings. The predicted octanol–water partition coefficient (Wildman–Crippen LogP) is 3.37. The number of hydrogen-bond acceptors (Lipinski definition) is 3. The van der Waals surface area contributed by atoms with Crippen molar-refractivity contribution in [1.82, 2.24) is 0 Å². The first kappa shape index (κ1) is 12.9. The third-order valence-corrected chi connectivity index (χ3v) is 4.43. The summed E-state index contributed by atoms with van der Waals surface area (Å²) in [4.78, 5) is 1.32. The fourth-order valence-electron chi connectivity index (χ4n) is 2.10. The highest BCUT2D eigenvalue weighted by Gasteiger charge is 2.17. The number of benzene rings is 1. The van der Waals surface area contributed by atoms with E-state index in [2.05, 4.69) is 31.2 Å². The molecule has 0 spiro atoms. The first-order valence-corrected chi connectivity index (χ1v) is 7.38. The smallest absolute Gasteiger partial charge is 0.0669 e. The van der Waals surface area contributed by atoms with Gasteiger partial charge in [0.05, 0.1) is 6.10 Å². The Kier molecular flexibility index (Phi) is 4.89. The minimum absolute atomic E-state index is 0.156. The van der Waals surface area contributed by atoms with Crippen LogP contribution in [0.15, 0.2) is 29.2 Å². The van der Waals surface area contributed by atoms with Crippen LogP contribution in [0.4, 0.5) is 0 Å². The van der Waals surface area contributed by atoms with Crippen molar-refractivity contribution in [3.63, 3.8) is 0 Å². The molecule has 2 N–H and O–H groups in total. The molecule has 0 aliphatic carbocycles. The first-order valence-electron chi connectivity index (χ1n) is 6.40. The Bertz CT molecular complexity index is 350. The molecule has 3 heteroatoms. The minimum Gasteiger partial charge on any atom is -0.377 e. The minimum atomic E-state index is 0.156. The van der Waals surface area contributed by atoms with Crippen LogP contribution in [0.25, 0.3) is 0 Å². The largest absolute Gasteiger partial charge is 0.377 e. The second-order valence-corrected chi connectivity index (χ2v) is 5.56. The van der Waals surface area contributed by atoms with E-state index in [4.69, 9.17) is 10.5 Å². The van der Waals surface area contributed by atoms with Gasteiger partial charge in [-0.05, 0) is 30.9 Å². The first-order chi connectivity index (χ1) is 8.31. The van der Waals surface area contributed by atoms with Gasteiger partial charge in [0.15, 0.2) is 0 Å². The molecular formula is C14H21NOS. The summed E-state index contributed by atoms with van der Waals surface area (Å²) < 4.78 is 5.65. The molecule has 2 atom stereocenters. The van der Waals surface area contributed by atoms with Crippen molar-refractivity contribution in [3.8, 4) is 0 Å². The van der Waals surface area contributed by atoms with Crippen molar-refractivity contribution in [3.05, 3.63) is 29.8 Å². The number of ether oxygens (including phenoxy) is 1. The highest BCUT2D eigenvalue weighted by atomic mass is 32.2. The van der Waals surface area contributed by atoms with Gasteiger partial charge in [-0.3, -0.25) is 0 Å². The van der Waals surface area contributed by atoms with Gasteiger partial charge in [0.1, 0.15) is 0 Å². The van der Waals surface area contributed by atoms with E-state index in [1.807, 2.05) is 11.8 Å². The topological polar surface area (TPSA) is 35.2 Å². The van der Waals surface area contributed by atoms with Crippen LogP contribution in [0.3, 0.4) is 0 Å². The van der Waals surface area contributed by atoms with E-state index in [9.17, 15) is 0 Å². The summed E-state index contributed by atoms with van der Waals surface area (Å²) in [6.45, 7) is 3.06. The van der Waals surface area contributed by atoms with Crippen LogP contribution in [0.5, 0.6) is 0 Å². The molecule has 0 saturated carbocycles. The van der Waals surface area contributed by atoms with E-state index in [0.717, 1.165) is 18.8 Å². The summed E-state index contributed by atoms with van der Waals surface area (Å²) in [5.41, 5.74) is 7.41. The summed E-state index contributed by atoms with van der Waals surface area (Å²) in [5.74, 6) is 1.05. The maximum atomic E-state index is 6.13. The number of thioether (sulfide) groups is 1. The van der Waals surface area contributed by atoms with Gasteiger partial charge in [0.25, 0.3) is 0 Å². The van der Waals surface area contributed by atoms with Crippen LogP contribution in [0.2, 0.25) is 0 Å². The normalized spacial score (nSPS) is 21.6. The van der Waals surface area contributed by atoms with Gasteiger partial charge in [0, 0.05) is 23.3 Å². The van der Waals surface area contributed by atoms with E-state index in [1.165, 1.54) is 23.3 Å². The van der Waals surface area contributed by atoms with Crippen molar-refractivity contribution in [2.24, 2.45) is 5.73 Å². The van der Waals surface area contributed by atoms with E-state index in [-0.39, 0.29) is 6.04 Å². The molecular weight excluding hydrogens is 230 g/mol. The maximum Gasteiger partial charge on any atom is 0.0669 e. The molecule has 1 fully saturated rings. The van der Waals surface area contributed by atoms with Crippen LogP contribution in [0.1, 0.15) is 37.8 Å². The van der Waals surface area contributed by atoms with E-state index in [0.29, 0.717) is 6.10 Å². The summed E-state index contributed by atoms with van der Waals surface area (Å²) in [6, 6.07) is 8.63.